The molecule has 0 aliphatic carbocycles. The van der Waals surface area contributed by atoms with Gasteiger partial charge < -0.3 is 4.90 Å². The zero-order valence-corrected chi connectivity index (χ0v) is 11.2. The van der Waals surface area contributed by atoms with Crippen LogP contribution >= 0.6 is 0 Å². The van der Waals surface area contributed by atoms with Gasteiger partial charge in [0.1, 0.15) is 5.56 Å². The van der Waals surface area contributed by atoms with Crippen LogP contribution in [0.1, 0.15) is 15.9 Å². The summed E-state index contributed by atoms with van der Waals surface area (Å²) >= 11 is 0. The predicted octanol–water partition coefficient (Wildman–Crippen LogP) is 1.60. The zero-order chi connectivity index (χ0) is 14.7. The van der Waals surface area contributed by atoms with Crippen LogP contribution in [-0.4, -0.2) is 32.6 Å². The average molecular weight is 274 g/mol. The van der Waals surface area contributed by atoms with Crippen LogP contribution in [0.25, 0.3) is 0 Å². The van der Waals surface area contributed by atoms with Gasteiger partial charge in [0, 0.05) is 38.5 Å². The number of nitro groups is 1. The first-order chi connectivity index (χ1) is 9.49. The van der Waals surface area contributed by atoms with Crippen LogP contribution in [-0.2, 0) is 13.6 Å². The maximum Gasteiger partial charge on any atom is 0.282 e. The fourth-order valence-corrected chi connectivity index (χ4v) is 1.92. The molecule has 0 unspecified atom stereocenters. The highest BCUT2D eigenvalue weighted by Crippen LogP contribution is 2.19. The van der Waals surface area contributed by atoms with E-state index in [2.05, 4.69) is 5.10 Å². The van der Waals surface area contributed by atoms with Gasteiger partial charge in [0.05, 0.1) is 11.1 Å². The number of benzene rings is 1. The van der Waals surface area contributed by atoms with Crippen molar-refractivity contribution in [1.29, 1.82) is 0 Å². The molecule has 104 valence electrons. The van der Waals surface area contributed by atoms with Crippen molar-refractivity contribution >= 4 is 11.6 Å². The highest BCUT2D eigenvalue weighted by molar-refractivity contribution is 5.97. The predicted molar refractivity (Wildman–Crippen MR) is 72.1 cm³/mol. The minimum Gasteiger partial charge on any atom is -0.337 e. The number of aryl methyl sites for hydroxylation is 1. The Hall–Kier alpha value is -2.70. The Morgan fingerprint density at radius 3 is 2.75 bits per heavy atom. The summed E-state index contributed by atoms with van der Waals surface area (Å²) in [5.74, 6) is -0.388. The largest absolute Gasteiger partial charge is 0.337 e. The van der Waals surface area contributed by atoms with Gasteiger partial charge in [-0.1, -0.05) is 12.1 Å². The number of carbonyl (C=O) groups is 1. The van der Waals surface area contributed by atoms with E-state index in [1.807, 2.05) is 0 Å². The molecule has 7 nitrogen and oxygen atoms in total. The molecule has 20 heavy (non-hydrogen) atoms. The molecular weight excluding hydrogens is 260 g/mol. The molecular formula is C13H14N4O3. The number of para-hydroxylation sites is 1. The number of hydrogen-bond acceptors (Lipinski definition) is 4. The van der Waals surface area contributed by atoms with Crippen molar-refractivity contribution < 1.29 is 9.72 Å². The molecule has 0 spiro atoms. The summed E-state index contributed by atoms with van der Waals surface area (Å²) in [5.41, 5.74) is 0.765. The summed E-state index contributed by atoms with van der Waals surface area (Å²) in [6, 6.07) is 5.93. The van der Waals surface area contributed by atoms with Gasteiger partial charge in [0.2, 0.25) is 0 Å². The second-order valence-electron chi connectivity index (χ2n) is 4.46. The lowest BCUT2D eigenvalue weighted by molar-refractivity contribution is -0.385. The quantitative estimate of drug-likeness (QED) is 0.626. The molecule has 0 bridgehead atoms. The molecule has 2 rings (SSSR count). The Kier molecular flexibility index (Phi) is 3.79. The van der Waals surface area contributed by atoms with Gasteiger partial charge >= 0.3 is 0 Å². The van der Waals surface area contributed by atoms with Crippen molar-refractivity contribution in [3.05, 3.63) is 57.9 Å². The molecule has 1 aromatic carbocycles. The van der Waals surface area contributed by atoms with Crippen LogP contribution in [0.2, 0.25) is 0 Å². The molecule has 1 heterocycles. The Bertz CT molecular complexity index is 651. The van der Waals surface area contributed by atoms with E-state index in [1.165, 1.54) is 23.1 Å². The second-order valence-corrected chi connectivity index (χ2v) is 4.46. The van der Waals surface area contributed by atoms with Crippen LogP contribution in [0, 0.1) is 10.1 Å². The van der Waals surface area contributed by atoms with Crippen LogP contribution in [0.5, 0.6) is 0 Å². The lowest BCUT2D eigenvalue weighted by Gasteiger charge is -2.16. The highest BCUT2D eigenvalue weighted by atomic mass is 16.6. The van der Waals surface area contributed by atoms with Crippen molar-refractivity contribution in [2.45, 2.75) is 6.54 Å². The third-order valence-electron chi connectivity index (χ3n) is 2.86. The molecule has 1 aromatic heterocycles. The van der Waals surface area contributed by atoms with Gasteiger partial charge in [-0.15, -0.1) is 0 Å². The van der Waals surface area contributed by atoms with Crippen LogP contribution in [0.15, 0.2) is 36.7 Å². The third kappa shape index (κ3) is 2.82. The average Bonchev–Trinajstić information content (AvgIpc) is 2.83. The molecule has 1 amide bonds. The lowest BCUT2D eigenvalue weighted by Crippen LogP contribution is -2.26. The summed E-state index contributed by atoms with van der Waals surface area (Å²) in [5, 5.41) is 14.9. The number of aromatic nitrogens is 2. The number of nitrogens with zero attached hydrogens (tertiary/aromatic N) is 4. The van der Waals surface area contributed by atoms with E-state index in [-0.39, 0.29) is 17.2 Å². The van der Waals surface area contributed by atoms with E-state index >= 15 is 0 Å². The molecule has 0 radical (unpaired) electrons. The molecule has 0 fully saturated rings. The maximum absolute atomic E-state index is 12.3. The third-order valence-corrected chi connectivity index (χ3v) is 2.86. The standard InChI is InChI=1S/C13H14N4O3/c1-15(8-10-7-14-16(2)9-10)13(18)11-5-3-4-6-12(11)17(19)20/h3-7,9H,8H2,1-2H3. The number of carbonyl (C=O) groups excluding carboxylic acids is 1. The number of amides is 1. The van der Waals surface area contributed by atoms with Gasteiger partial charge in [-0.05, 0) is 6.07 Å². The molecule has 0 N–H and O–H groups in total. The summed E-state index contributed by atoms with van der Waals surface area (Å²) in [6.07, 6.45) is 3.45. The normalized spacial score (nSPS) is 10.3. The minimum absolute atomic E-state index is 0.0869. The fraction of sp³-hybridized carbons (Fsp3) is 0.231. The van der Waals surface area contributed by atoms with Crippen molar-refractivity contribution in [3.63, 3.8) is 0 Å². The minimum atomic E-state index is -0.550. The van der Waals surface area contributed by atoms with Crippen LogP contribution in [0.3, 0.4) is 0 Å². The first kappa shape index (κ1) is 13.7. The van der Waals surface area contributed by atoms with E-state index < -0.39 is 4.92 Å². The van der Waals surface area contributed by atoms with E-state index in [1.54, 1.807) is 37.2 Å². The summed E-state index contributed by atoms with van der Waals surface area (Å²) in [6.45, 7) is 0.346. The monoisotopic (exact) mass is 274 g/mol. The van der Waals surface area contributed by atoms with Gasteiger partial charge in [0.15, 0.2) is 0 Å². The van der Waals surface area contributed by atoms with Crippen molar-refractivity contribution in [2.24, 2.45) is 7.05 Å². The molecule has 0 saturated carbocycles. The summed E-state index contributed by atoms with van der Waals surface area (Å²) in [4.78, 5) is 24.1. The first-order valence-corrected chi connectivity index (χ1v) is 5.95. The Balaban J connectivity index is 2.20. The lowest BCUT2D eigenvalue weighted by atomic mass is 10.1. The summed E-state index contributed by atoms with van der Waals surface area (Å²) in [7, 11) is 3.39. The number of hydrogen-bond donors (Lipinski definition) is 0. The van der Waals surface area contributed by atoms with Crippen LogP contribution in [0.4, 0.5) is 5.69 Å². The molecule has 7 heteroatoms. The van der Waals surface area contributed by atoms with Gasteiger partial charge in [-0.25, -0.2) is 0 Å². The van der Waals surface area contributed by atoms with Crippen molar-refractivity contribution in [3.8, 4) is 0 Å². The highest BCUT2D eigenvalue weighted by Gasteiger charge is 2.22. The Morgan fingerprint density at radius 2 is 2.15 bits per heavy atom. The first-order valence-electron chi connectivity index (χ1n) is 5.95. The second kappa shape index (κ2) is 5.52. The fourth-order valence-electron chi connectivity index (χ4n) is 1.92. The van der Waals surface area contributed by atoms with Gasteiger partial charge in [-0.2, -0.15) is 5.10 Å². The zero-order valence-electron chi connectivity index (χ0n) is 11.2. The SMILES string of the molecule is CN(Cc1cnn(C)c1)C(=O)c1ccccc1[N+](=O)[O-]. The molecule has 0 aliphatic rings. The van der Waals surface area contributed by atoms with E-state index in [0.29, 0.717) is 6.54 Å². The summed E-state index contributed by atoms with van der Waals surface area (Å²) < 4.78 is 1.64. The van der Waals surface area contributed by atoms with E-state index in [4.69, 9.17) is 0 Å². The Morgan fingerprint density at radius 1 is 1.45 bits per heavy atom. The van der Waals surface area contributed by atoms with Crippen molar-refractivity contribution in [1.82, 2.24) is 14.7 Å². The van der Waals surface area contributed by atoms with Crippen LogP contribution < -0.4 is 0 Å². The molecule has 2 aromatic rings. The smallest absolute Gasteiger partial charge is 0.282 e. The topological polar surface area (TPSA) is 81.3 Å². The van der Waals surface area contributed by atoms with E-state index in [0.717, 1.165) is 5.56 Å². The molecule has 0 saturated heterocycles. The molecule has 0 atom stereocenters. The maximum atomic E-state index is 12.3. The van der Waals surface area contributed by atoms with E-state index in [9.17, 15) is 14.9 Å². The number of nitro benzene ring substituents is 1. The Labute approximate surface area is 115 Å². The van der Waals surface area contributed by atoms with Gasteiger partial charge in [0.25, 0.3) is 11.6 Å². The number of rotatable bonds is 4. The molecule has 0 aliphatic heterocycles. The van der Waals surface area contributed by atoms with Crippen molar-refractivity contribution in [2.75, 3.05) is 7.05 Å². The van der Waals surface area contributed by atoms with Gasteiger partial charge in [-0.3, -0.25) is 19.6 Å².